The largest absolute Gasteiger partial charge is 0.352 e. The summed E-state index contributed by atoms with van der Waals surface area (Å²) in [7, 11) is 0. The number of rotatable bonds is 5. The van der Waals surface area contributed by atoms with Gasteiger partial charge in [-0.05, 0) is 68.4 Å². The van der Waals surface area contributed by atoms with Gasteiger partial charge in [0.15, 0.2) is 0 Å². The molecule has 5 heteroatoms. The zero-order valence-corrected chi connectivity index (χ0v) is 20.3. The van der Waals surface area contributed by atoms with Crippen LogP contribution in [0.3, 0.4) is 0 Å². The van der Waals surface area contributed by atoms with Crippen molar-refractivity contribution in [2.75, 3.05) is 0 Å². The van der Waals surface area contributed by atoms with Gasteiger partial charge in [-0.15, -0.1) is 0 Å². The number of carbonyl (C=O) groups excluding carboxylic acids is 1. The van der Waals surface area contributed by atoms with Gasteiger partial charge in [-0.2, -0.15) is 0 Å². The molecule has 0 radical (unpaired) electrons. The van der Waals surface area contributed by atoms with Crippen molar-refractivity contribution in [2.24, 2.45) is 5.92 Å². The van der Waals surface area contributed by atoms with Crippen molar-refractivity contribution in [3.63, 3.8) is 0 Å². The second-order valence-corrected chi connectivity index (χ2v) is 10.4. The van der Waals surface area contributed by atoms with Gasteiger partial charge in [0.25, 0.3) is 0 Å². The Morgan fingerprint density at radius 3 is 2.45 bits per heavy atom. The number of benzene rings is 2. The fraction of sp³-hybridized carbons (Fsp3) is 0.500. The highest BCUT2D eigenvalue weighted by molar-refractivity contribution is 6.30. The Hall–Kier alpha value is -2.33. The van der Waals surface area contributed by atoms with Crippen molar-refractivity contribution >= 4 is 28.5 Å². The van der Waals surface area contributed by atoms with Crippen LogP contribution in [0.5, 0.6) is 0 Å². The second kappa shape index (κ2) is 9.89. The molecule has 2 aliphatic carbocycles. The highest BCUT2D eigenvalue weighted by Gasteiger charge is 2.35. The third-order valence-corrected chi connectivity index (χ3v) is 7.87. The van der Waals surface area contributed by atoms with Crippen LogP contribution in [0.25, 0.3) is 22.4 Å². The molecular weight excluding hydrogens is 430 g/mol. The summed E-state index contributed by atoms with van der Waals surface area (Å²) in [5, 5.41) is 4.15. The minimum Gasteiger partial charge on any atom is -0.352 e. The molecule has 1 atom stereocenters. The molecule has 1 aromatic heterocycles. The van der Waals surface area contributed by atoms with E-state index in [0.717, 1.165) is 53.7 Å². The molecule has 2 saturated carbocycles. The Balaban J connectivity index is 1.64. The van der Waals surface area contributed by atoms with Gasteiger partial charge in [0.1, 0.15) is 11.9 Å². The van der Waals surface area contributed by atoms with E-state index in [0.29, 0.717) is 17.0 Å². The number of imidazole rings is 1. The Bertz CT molecular complexity index is 1130. The summed E-state index contributed by atoms with van der Waals surface area (Å²) in [4.78, 5) is 19.1. The number of aromatic nitrogens is 2. The number of hydrogen-bond donors (Lipinski definition) is 1. The summed E-state index contributed by atoms with van der Waals surface area (Å²) in [6.45, 7) is 2.09. The first-order valence-electron chi connectivity index (χ1n) is 12.7. The Labute approximate surface area is 201 Å². The van der Waals surface area contributed by atoms with Gasteiger partial charge < -0.3 is 9.88 Å². The van der Waals surface area contributed by atoms with Crippen LogP contribution in [0.2, 0.25) is 5.02 Å². The van der Waals surface area contributed by atoms with E-state index in [1.165, 1.54) is 38.5 Å². The van der Waals surface area contributed by atoms with Crippen molar-refractivity contribution in [2.45, 2.75) is 83.2 Å². The molecular formula is C28H34ClN3O. The number of aryl methyl sites for hydroxylation is 1. The normalized spacial score (nSPS) is 19.0. The molecule has 2 fully saturated rings. The zero-order valence-electron chi connectivity index (χ0n) is 19.5. The van der Waals surface area contributed by atoms with Crippen LogP contribution in [0.1, 0.15) is 75.8 Å². The minimum atomic E-state index is -0.256. The van der Waals surface area contributed by atoms with Gasteiger partial charge in [-0.3, -0.25) is 4.79 Å². The number of halogens is 1. The zero-order chi connectivity index (χ0) is 22.8. The lowest BCUT2D eigenvalue weighted by Gasteiger charge is -2.34. The second-order valence-electron chi connectivity index (χ2n) is 9.94. The van der Waals surface area contributed by atoms with E-state index in [1.54, 1.807) is 0 Å². The number of fused-ring (bicyclic) bond motifs is 1. The molecule has 1 N–H and O–H groups in total. The van der Waals surface area contributed by atoms with E-state index >= 15 is 0 Å². The predicted octanol–water partition coefficient (Wildman–Crippen LogP) is 7.24. The SMILES string of the molecule is Cc1ccc(Cl)cc1-c1nc2ccccc2n1C(C(=O)NC1CCCCC1)C1CCCCC1. The van der Waals surface area contributed by atoms with E-state index in [9.17, 15) is 4.79 Å². The summed E-state index contributed by atoms with van der Waals surface area (Å²) in [6.07, 6.45) is 11.7. The molecule has 2 aromatic carbocycles. The quantitative estimate of drug-likeness (QED) is 0.433. The monoisotopic (exact) mass is 463 g/mol. The summed E-state index contributed by atoms with van der Waals surface area (Å²) < 4.78 is 2.24. The summed E-state index contributed by atoms with van der Waals surface area (Å²) in [5.74, 6) is 1.33. The minimum absolute atomic E-state index is 0.165. The number of carbonyl (C=O) groups is 1. The van der Waals surface area contributed by atoms with Crippen molar-refractivity contribution in [3.05, 3.63) is 53.1 Å². The van der Waals surface area contributed by atoms with Crippen LogP contribution in [0, 0.1) is 12.8 Å². The van der Waals surface area contributed by atoms with Gasteiger partial charge in [0.2, 0.25) is 5.91 Å². The van der Waals surface area contributed by atoms with E-state index < -0.39 is 0 Å². The van der Waals surface area contributed by atoms with Crippen molar-refractivity contribution in [3.8, 4) is 11.4 Å². The van der Waals surface area contributed by atoms with Gasteiger partial charge in [0, 0.05) is 16.6 Å². The number of amides is 1. The molecule has 1 heterocycles. The van der Waals surface area contributed by atoms with E-state index in [2.05, 4.69) is 22.9 Å². The summed E-state index contributed by atoms with van der Waals surface area (Å²) in [5.41, 5.74) is 4.08. The molecule has 0 aliphatic heterocycles. The van der Waals surface area contributed by atoms with Gasteiger partial charge in [-0.1, -0.05) is 68.3 Å². The molecule has 1 unspecified atom stereocenters. The van der Waals surface area contributed by atoms with Crippen LogP contribution in [0.4, 0.5) is 0 Å². The predicted molar refractivity (Wildman–Crippen MR) is 136 cm³/mol. The fourth-order valence-corrected chi connectivity index (χ4v) is 6.05. The van der Waals surface area contributed by atoms with E-state index in [-0.39, 0.29) is 11.9 Å². The highest BCUT2D eigenvalue weighted by atomic mass is 35.5. The first-order chi connectivity index (χ1) is 16.1. The average molecular weight is 464 g/mol. The first kappa shape index (κ1) is 22.5. The molecule has 0 saturated heterocycles. The maximum absolute atomic E-state index is 14.0. The lowest BCUT2D eigenvalue weighted by molar-refractivity contribution is -0.127. The fourth-order valence-electron chi connectivity index (χ4n) is 5.88. The Morgan fingerprint density at radius 1 is 1.00 bits per heavy atom. The highest BCUT2D eigenvalue weighted by Crippen LogP contribution is 2.39. The van der Waals surface area contributed by atoms with Crippen LogP contribution < -0.4 is 5.32 Å². The van der Waals surface area contributed by atoms with E-state index in [1.807, 2.05) is 36.4 Å². The number of para-hydroxylation sites is 2. The lowest BCUT2D eigenvalue weighted by Crippen LogP contribution is -2.43. The molecule has 3 aromatic rings. The number of nitrogens with zero attached hydrogens (tertiary/aromatic N) is 2. The maximum atomic E-state index is 14.0. The van der Waals surface area contributed by atoms with Crippen LogP contribution in [0.15, 0.2) is 42.5 Å². The van der Waals surface area contributed by atoms with Crippen molar-refractivity contribution in [1.82, 2.24) is 14.9 Å². The maximum Gasteiger partial charge on any atom is 0.243 e. The van der Waals surface area contributed by atoms with Gasteiger partial charge >= 0.3 is 0 Å². The Kier molecular flexibility index (Phi) is 6.73. The van der Waals surface area contributed by atoms with Gasteiger partial charge in [-0.25, -0.2) is 4.98 Å². The topological polar surface area (TPSA) is 46.9 Å². The van der Waals surface area contributed by atoms with Crippen molar-refractivity contribution < 1.29 is 4.79 Å². The smallest absolute Gasteiger partial charge is 0.243 e. The van der Waals surface area contributed by atoms with Gasteiger partial charge in [0.05, 0.1) is 11.0 Å². The number of nitrogens with one attached hydrogen (secondary N) is 1. The molecule has 0 spiro atoms. The standard InChI is InChI=1S/C28H34ClN3O/c1-19-16-17-21(29)18-23(19)27-31-24-14-8-9-15-25(24)32(27)26(20-10-4-2-5-11-20)28(33)30-22-12-6-3-7-13-22/h8-9,14-18,20,22,26H,2-7,10-13H2,1H3,(H,30,33). The molecule has 5 rings (SSSR count). The molecule has 0 bridgehead atoms. The molecule has 2 aliphatic rings. The average Bonchev–Trinajstić information content (AvgIpc) is 3.21. The van der Waals surface area contributed by atoms with Crippen LogP contribution in [-0.2, 0) is 4.79 Å². The third kappa shape index (κ3) is 4.68. The molecule has 4 nitrogen and oxygen atoms in total. The molecule has 33 heavy (non-hydrogen) atoms. The summed E-state index contributed by atoms with van der Waals surface area (Å²) in [6, 6.07) is 14.2. The van der Waals surface area contributed by atoms with Crippen LogP contribution >= 0.6 is 11.6 Å². The Morgan fingerprint density at radius 2 is 1.70 bits per heavy atom. The third-order valence-electron chi connectivity index (χ3n) is 7.63. The summed E-state index contributed by atoms with van der Waals surface area (Å²) >= 11 is 6.42. The van der Waals surface area contributed by atoms with Crippen molar-refractivity contribution in [1.29, 1.82) is 0 Å². The molecule has 1 amide bonds. The van der Waals surface area contributed by atoms with E-state index in [4.69, 9.17) is 16.6 Å². The lowest BCUT2D eigenvalue weighted by atomic mass is 9.82. The molecule has 174 valence electrons. The number of hydrogen-bond acceptors (Lipinski definition) is 2. The first-order valence-corrected chi connectivity index (χ1v) is 13.0. The van der Waals surface area contributed by atoms with Crippen LogP contribution in [-0.4, -0.2) is 21.5 Å².